The Balaban J connectivity index is 0.00000320. The SMILES string of the molecule is CN=C(NCCCc1nnc(SC)n1C1CCCC1)N(C)Cc1cccc(Cl)c1.I. The van der Waals surface area contributed by atoms with Crippen LogP contribution in [-0.2, 0) is 13.0 Å². The molecular weight excluding hydrogens is 531 g/mol. The summed E-state index contributed by atoms with van der Waals surface area (Å²) in [5.41, 5.74) is 1.16. The highest BCUT2D eigenvalue weighted by Crippen LogP contribution is 2.33. The third kappa shape index (κ3) is 6.75. The number of hydrogen-bond donors (Lipinski definition) is 1. The van der Waals surface area contributed by atoms with E-state index in [9.17, 15) is 0 Å². The first-order chi connectivity index (χ1) is 14.1. The van der Waals surface area contributed by atoms with Crippen LogP contribution in [0.1, 0.15) is 49.5 Å². The molecule has 9 heteroatoms. The predicted octanol–water partition coefficient (Wildman–Crippen LogP) is 5.03. The first-order valence-electron chi connectivity index (χ1n) is 10.3. The monoisotopic (exact) mass is 562 g/mol. The van der Waals surface area contributed by atoms with E-state index < -0.39 is 0 Å². The van der Waals surface area contributed by atoms with Gasteiger partial charge in [-0.3, -0.25) is 4.99 Å². The molecule has 0 spiro atoms. The van der Waals surface area contributed by atoms with E-state index >= 15 is 0 Å². The maximum absolute atomic E-state index is 6.10. The highest BCUT2D eigenvalue weighted by molar-refractivity contribution is 14.0. The summed E-state index contributed by atoms with van der Waals surface area (Å²) in [5.74, 6) is 2.00. The number of thioether (sulfide) groups is 1. The maximum atomic E-state index is 6.10. The third-order valence-corrected chi connectivity index (χ3v) is 6.23. The van der Waals surface area contributed by atoms with E-state index in [2.05, 4.69) is 42.3 Å². The fourth-order valence-corrected chi connectivity index (χ4v) is 4.75. The first kappa shape index (κ1) is 25.3. The van der Waals surface area contributed by atoms with E-state index in [-0.39, 0.29) is 24.0 Å². The summed E-state index contributed by atoms with van der Waals surface area (Å²) < 4.78 is 2.39. The predicted molar refractivity (Wildman–Crippen MR) is 137 cm³/mol. The second kappa shape index (κ2) is 12.8. The van der Waals surface area contributed by atoms with E-state index in [0.29, 0.717) is 6.04 Å². The zero-order chi connectivity index (χ0) is 20.6. The van der Waals surface area contributed by atoms with Crippen molar-refractivity contribution in [2.24, 2.45) is 4.99 Å². The van der Waals surface area contributed by atoms with Crippen molar-refractivity contribution in [1.29, 1.82) is 0 Å². The van der Waals surface area contributed by atoms with Crippen molar-refractivity contribution in [3.8, 4) is 0 Å². The molecule has 30 heavy (non-hydrogen) atoms. The van der Waals surface area contributed by atoms with Crippen molar-refractivity contribution < 1.29 is 0 Å². The summed E-state index contributed by atoms with van der Waals surface area (Å²) >= 11 is 7.79. The number of aryl methyl sites for hydroxylation is 1. The number of hydrogen-bond acceptors (Lipinski definition) is 4. The molecule has 1 aliphatic carbocycles. The fraction of sp³-hybridized carbons (Fsp3) is 0.571. The lowest BCUT2D eigenvalue weighted by Gasteiger charge is -2.22. The van der Waals surface area contributed by atoms with Gasteiger partial charge in [0.15, 0.2) is 11.1 Å². The number of aromatic nitrogens is 3. The van der Waals surface area contributed by atoms with E-state index in [1.165, 1.54) is 25.7 Å². The Kier molecular flexibility index (Phi) is 10.7. The smallest absolute Gasteiger partial charge is 0.193 e. The zero-order valence-electron chi connectivity index (χ0n) is 18.0. The number of aliphatic imine (C=N–C) groups is 1. The van der Waals surface area contributed by atoms with Crippen LogP contribution in [0.3, 0.4) is 0 Å². The Bertz CT molecular complexity index is 822. The molecule has 0 aliphatic heterocycles. The van der Waals surface area contributed by atoms with Crippen molar-refractivity contribution in [3.05, 3.63) is 40.7 Å². The Labute approximate surface area is 206 Å². The second-order valence-corrected chi connectivity index (χ2v) is 8.68. The van der Waals surface area contributed by atoms with Crippen LogP contribution in [0.5, 0.6) is 0 Å². The van der Waals surface area contributed by atoms with Gasteiger partial charge >= 0.3 is 0 Å². The first-order valence-corrected chi connectivity index (χ1v) is 11.9. The van der Waals surface area contributed by atoms with Gasteiger partial charge in [-0.05, 0) is 43.2 Å². The molecular formula is C21H32ClIN6S. The van der Waals surface area contributed by atoms with Crippen LogP contribution in [0, 0.1) is 0 Å². The Morgan fingerprint density at radius 1 is 1.33 bits per heavy atom. The van der Waals surface area contributed by atoms with Crippen LogP contribution < -0.4 is 5.32 Å². The summed E-state index contributed by atoms with van der Waals surface area (Å²) in [4.78, 5) is 6.52. The second-order valence-electron chi connectivity index (χ2n) is 7.47. The van der Waals surface area contributed by atoms with Gasteiger partial charge in [0.05, 0.1) is 0 Å². The molecule has 6 nitrogen and oxygen atoms in total. The molecule has 1 aromatic heterocycles. The summed E-state index contributed by atoms with van der Waals surface area (Å²) in [7, 11) is 3.86. The quantitative estimate of drug-likeness (QED) is 0.161. The zero-order valence-corrected chi connectivity index (χ0v) is 21.9. The minimum Gasteiger partial charge on any atom is -0.356 e. The van der Waals surface area contributed by atoms with Gasteiger partial charge in [-0.25, -0.2) is 0 Å². The number of nitrogens with zero attached hydrogens (tertiary/aromatic N) is 5. The summed E-state index contributed by atoms with van der Waals surface area (Å²) in [6.45, 7) is 1.60. The highest BCUT2D eigenvalue weighted by Gasteiger charge is 2.23. The van der Waals surface area contributed by atoms with Gasteiger partial charge in [0.25, 0.3) is 0 Å². The lowest BCUT2D eigenvalue weighted by Crippen LogP contribution is -2.39. The largest absolute Gasteiger partial charge is 0.356 e. The van der Waals surface area contributed by atoms with Crippen LogP contribution in [0.4, 0.5) is 0 Å². The van der Waals surface area contributed by atoms with Crippen molar-refractivity contribution in [2.75, 3.05) is 26.9 Å². The molecule has 1 aliphatic rings. The van der Waals surface area contributed by atoms with Crippen LogP contribution >= 0.6 is 47.3 Å². The third-order valence-electron chi connectivity index (χ3n) is 5.35. The highest BCUT2D eigenvalue weighted by atomic mass is 127. The average Bonchev–Trinajstić information content (AvgIpc) is 3.37. The van der Waals surface area contributed by atoms with Crippen molar-refractivity contribution in [2.45, 2.75) is 56.3 Å². The number of benzene rings is 1. The van der Waals surface area contributed by atoms with Crippen LogP contribution in [0.15, 0.2) is 34.4 Å². The standard InChI is InChI=1S/C21H31ClN6S.HI/c1-23-20(27(2)15-16-8-6-9-17(22)14-16)24-13-7-12-19-25-26-21(29-3)28(19)18-10-4-5-11-18;/h6,8-9,14,18H,4-5,7,10-13,15H2,1-3H3,(H,23,24);1H. The molecule has 0 amide bonds. The minimum absolute atomic E-state index is 0. The molecule has 0 unspecified atom stereocenters. The van der Waals surface area contributed by atoms with Crippen LogP contribution in [0.25, 0.3) is 0 Å². The number of nitrogens with one attached hydrogen (secondary N) is 1. The van der Waals surface area contributed by atoms with Gasteiger partial charge in [-0.1, -0.05) is 48.3 Å². The van der Waals surface area contributed by atoms with E-state index in [1.807, 2.05) is 32.3 Å². The van der Waals surface area contributed by atoms with Crippen LogP contribution in [0.2, 0.25) is 5.02 Å². The molecule has 1 saturated carbocycles. The normalized spacial score (nSPS) is 14.6. The average molecular weight is 563 g/mol. The molecule has 3 rings (SSSR count). The van der Waals surface area contributed by atoms with Crippen molar-refractivity contribution in [3.63, 3.8) is 0 Å². The van der Waals surface area contributed by atoms with Gasteiger partial charge < -0.3 is 14.8 Å². The van der Waals surface area contributed by atoms with E-state index in [0.717, 1.165) is 53.5 Å². The topological polar surface area (TPSA) is 58.3 Å². The van der Waals surface area contributed by atoms with Gasteiger partial charge in [-0.2, -0.15) is 0 Å². The molecule has 0 saturated heterocycles. The number of rotatable bonds is 8. The summed E-state index contributed by atoms with van der Waals surface area (Å²) in [6, 6.07) is 8.52. The van der Waals surface area contributed by atoms with Crippen molar-refractivity contribution >= 4 is 53.3 Å². The Hall–Kier alpha value is -1.000. The molecule has 1 heterocycles. The maximum Gasteiger partial charge on any atom is 0.193 e. The lowest BCUT2D eigenvalue weighted by molar-refractivity contribution is 0.457. The van der Waals surface area contributed by atoms with Gasteiger partial charge in [0.1, 0.15) is 5.82 Å². The molecule has 0 atom stereocenters. The van der Waals surface area contributed by atoms with Gasteiger partial charge in [-0.15, -0.1) is 34.2 Å². The lowest BCUT2D eigenvalue weighted by atomic mass is 10.2. The van der Waals surface area contributed by atoms with E-state index in [4.69, 9.17) is 11.6 Å². The minimum atomic E-state index is 0. The van der Waals surface area contributed by atoms with Gasteiger partial charge in [0.2, 0.25) is 0 Å². The molecule has 1 N–H and O–H groups in total. The molecule has 2 aromatic rings. The Morgan fingerprint density at radius 3 is 2.77 bits per heavy atom. The Morgan fingerprint density at radius 2 is 2.10 bits per heavy atom. The van der Waals surface area contributed by atoms with E-state index in [1.54, 1.807) is 11.8 Å². The molecule has 0 radical (unpaired) electrons. The van der Waals surface area contributed by atoms with Crippen LogP contribution in [-0.4, -0.2) is 52.5 Å². The summed E-state index contributed by atoms with van der Waals surface area (Å²) in [5, 5.41) is 14.2. The van der Waals surface area contributed by atoms with Crippen molar-refractivity contribution in [1.82, 2.24) is 25.0 Å². The molecule has 1 aromatic carbocycles. The fourth-order valence-electron chi connectivity index (χ4n) is 3.96. The summed E-state index contributed by atoms with van der Waals surface area (Å²) in [6.07, 6.45) is 9.12. The van der Waals surface area contributed by atoms with Gasteiger partial charge in [0, 0.05) is 44.7 Å². The molecule has 0 bridgehead atoms. The molecule has 166 valence electrons. The molecule has 1 fully saturated rings. The number of guanidine groups is 1. The number of halogens is 2.